The Labute approximate surface area is 364 Å². The smallest absolute Gasteiger partial charge is 0.0541 e. The summed E-state index contributed by atoms with van der Waals surface area (Å²) in [6, 6.07) is 76.5. The highest BCUT2D eigenvalue weighted by atomic mass is 15.1. The first-order valence-electron chi connectivity index (χ1n) is 21.9. The van der Waals surface area contributed by atoms with Crippen LogP contribution in [-0.2, 0) is 10.8 Å². The molecule has 0 unspecified atom stereocenters. The summed E-state index contributed by atoms with van der Waals surface area (Å²) in [7, 11) is 0. The predicted octanol–water partition coefficient (Wildman–Crippen LogP) is 16.2. The van der Waals surface area contributed by atoms with Crippen LogP contribution in [0.25, 0.3) is 72.0 Å². The molecule has 0 saturated carbocycles. The fourth-order valence-corrected chi connectivity index (χ4v) is 11.1. The van der Waals surface area contributed by atoms with Gasteiger partial charge in [0.2, 0.25) is 0 Å². The number of hydrogen-bond acceptors (Lipinski definition) is 1. The predicted molar refractivity (Wildman–Crippen MR) is 261 cm³/mol. The zero-order chi connectivity index (χ0) is 41.7. The molecule has 2 heteroatoms. The molecule has 296 valence electrons. The minimum Gasteiger partial charge on any atom is -0.310 e. The molecular weight excluding hydrogens is 749 g/mol. The monoisotopic (exact) mass is 794 g/mol. The largest absolute Gasteiger partial charge is 0.310 e. The lowest BCUT2D eigenvalue weighted by Crippen LogP contribution is -2.21. The topological polar surface area (TPSA) is 8.17 Å². The van der Waals surface area contributed by atoms with Crippen molar-refractivity contribution in [2.45, 2.75) is 38.5 Å². The van der Waals surface area contributed by atoms with Gasteiger partial charge in [-0.1, -0.05) is 179 Å². The third-order valence-corrected chi connectivity index (χ3v) is 14.0. The molecule has 2 aliphatic carbocycles. The molecule has 0 amide bonds. The zero-order valence-electron chi connectivity index (χ0n) is 35.5. The Balaban J connectivity index is 1.05. The van der Waals surface area contributed by atoms with E-state index in [9.17, 15) is 0 Å². The maximum absolute atomic E-state index is 2.54. The maximum Gasteiger partial charge on any atom is 0.0541 e. The normalized spacial score (nSPS) is 14.1. The van der Waals surface area contributed by atoms with Crippen molar-refractivity contribution in [2.24, 2.45) is 0 Å². The van der Waals surface area contributed by atoms with Gasteiger partial charge in [-0.05, 0) is 116 Å². The van der Waals surface area contributed by atoms with Crippen LogP contribution in [-0.4, -0.2) is 4.57 Å². The SMILES string of the molecule is CC1(C)c2ccccc2-c2c(-c3ccccc3N(c3ccc(-c4ccc5c(c4)c4ccccc4n5-c4ccccc4)cc3)c3cccc4c3C(C)(C)c3ccccc3-4)cccc21. The van der Waals surface area contributed by atoms with Crippen LogP contribution in [0, 0.1) is 0 Å². The van der Waals surface area contributed by atoms with E-state index in [4.69, 9.17) is 0 Å². The Bertz CT molecular complexity index is 3400. The molecule has 1 heterocycles. The second-order valence-electron chi connectivity index (χ2n) is 18.1. The Morgan fingerprint density at radius 1 is 0.371 bits per heavy atom. The molecule has 0 fully saturated rings. The summed E-state index contributed by atoms with van der Waals surface area (Å²) in [5.41, 5.74) is 22.4. The fraction of sp³-hybridized carbons (Fsp3) is 0.100. The van der Waals surface area contributed by atoms with Crippen molar-refractivity contribution in [3.05, 3.63) is 229 Å². The van der Waals surface area contributed by atoms with Gasteiger partial charge in [-0.2, -0.15) is 0 Å². The van der Waals surface area contributed by atoms with E-state index in [-0.39, 0.29) is 10.8 Å². The Hall–Kier alpha value is -7.42. The fourth-order valence-electron chi connectivity index (χ4n) is 11.1. The Morgan fingerprint density at radius 3 is 1.74 bits per heavy atom. The first-order chi connectivity index (χ1) is 30.3. The van der Waals surface area contributed by atoms with Gasteiger partial charge in [0, 0.05) is 38.5 Å². The average Bonchev–Trinajstić information content (AvgIpc) is 3.87. The quantitative estimate of drug-likeness (QED) is 0.163. The molecule has 0 atom stereocenters. The lowest BCUT2D eigenvalue weighted by Gasteiger charge is -2.33. The number of nitrogens with zero attached hydrogens (tertiary/aromatic N) is 2. The zero-order valence-corrected chi connectivity index (χ0v) is 35.5. The van der Waals surface area contributed by atoms with E-state index < -0.39 is 0 Å². The number of hydrogen-bond donors (Lipinski definition) is 0. The molecule has 0 N–H and O–H groups in total. The van der Waals surface area contributed by atoms with Gasteiger partial charge in [0.1, 0.15) is 0 Å². The number of benzene rings is 9. The molecule has 0 spiro atoms. The van der Waals surface area contributed by atoms with Crippen molar-refractivity contribution in [3.8, 4) is 50.2 Å². The van der Waals surface area contributed by atoms with Gasteiger partial charge >= 0.3 is 0 Å². The van der Waals surface area contributed by atoms with Crippen LogP contribution in [0.1, 0.15) is 49.9 Å². The molecule has 10 aromatic rings. The number of rotatable bonds is 6. The van der Waals surface area contributed by atoms with Crippen molar-refractivity contribution in [1.82, 2.24) is 4.57 Å². The molecule has 0 aliphatic heterocycles. The molecule has 12 rings (SSSR count). The molecule has 0 radical (unpaired) electrons. The molecule has 1 aromatic heterocycles. The van der Waals surface area contributed by atoms with Crippen LogP contribution in [0.2, 0.25) is 0 Å². The number of para-hydroxylation sites is 3. The number of fused-ring (bicyclic) bond motifs is 9. The third kappa shape index (κ3) is 5.23. The second kappa shape index (κ2) is 13.5. The summed E-state index contributed by atoms with van der Waals surface area (Å²) in [6.07, 6.45) is 0. The van der Waals surface area contributed by atoms with Gasteiger partial charge < -0.3 is 9.47 Å². The van der Waals surface area contributed by atoms with Crippen LogP contribution in [0.5, 0.6) is 0 Å². The molecule has 2 aliphatic rings. The van der Waals surface area contributed by atoms with E-state index in [1.807, 2.05) is 0 Å². The van der Waals surface area contributed by atoms with Crippen molar-refractivity contribution in [3.63, 3.8) is 0 Å². The second-order valence-corrected chi connectivity index (χ2v) is 18.1. The molecule has 0 bridgehead atoms. The summed E-state index contributed by atoms with van der Waals surface area (Å²) >= 11 is 0. The molecule has 2 nitrogen and oxygen atoms in total. The number of aromatic nitrogens is 1. The molecular formula is C60H46N2. The average molecular weight is 795 g/mol. The summed E-state index contributed by atoms with van der Waals surface area (Å²) in [4.78, 5) is 2.54. The highest BCUT2D eigenvalue weighted by molar-refractivity contribution is 6.10. The van der Waals surface area contributed by atoms with Gasteiger partial charge in [-0.15, -0.1) is 0 Å². The van der Waals surface area contributed by atoms with E-state index in [0.29, 0.717) is 0 Å². The Morgan fingerprint density at radius 2 is 0.935 bits per heavy atom. The lowest BCUT2D eigenvalue weighted by molar-refractivity contribution is 0.660. The van der Waals surface area contributed by atoms with Gasteiger partial charge in [-0.25, -0.2) is 0 Å². The minimum atomic E-state index is -0.207. The van der Waals surface area contributed by atoms with E-state index in [1.165, 1.54) is 99.9 Å². The van der Waals surface area contributed by atoms with E-state index in [2.05, 4.69) is 243 Å². The highest BCUT2D eigenvalue weighted by Crippen LogP contribution is 2.57. The van der Waals surface area contributed by atoms with Gasteiger partial charge in [0.15, 0.2) is 0 Å². The summed E-state index contributed by atoms with van der Waals surface area (Å²) in [5.74, 6) is 0. The summed E-state index contributed by atoms with van der Waals surface area (Å²) in [5, 5.41) is 2.51. The molecule has 9 aromatic carbocycles. The van der Waals surface area contributed by atoms with Gasteiger partial charge in [0.05, 0.1) is 22.4 Å². The van der Waals surface area contributed by atoms with Crippen LogP contribution in [0.3, 0.4) is 0 Å². The number of anilines is 3. The first-order valence-corrected chi connectivity index (χ1v) is 21.9. The van der Waals surface area contributed by atoms with Crippen molar-refractivity contribution in [2.75, 3.05) is 4.90 Å². The maximum atomic E-state index is 2.54. The van der Waals surface area contributed by atoms with Crippen molar-refractivity contribution in [1.29, 1.82) is 0 Å². The Kier molecular flexibility index (Phi) is 7.96. The third-order valence-electron chi connectivity index (χ3n) is 14.0. The van der Waals surface area contributed by atoms with Gasteiger partial charge in [0.25, 0.3) is 0 Å². The molecule has 62 heavy (non-hydrogen) atoms. The van der Waals surface area contributed by atoms with Crippen molar-refractivity contribution >= 4 is 38.9 Å². The summed E-state index contributed by atoms with van der Waals surface area (Å²) in [6.45, 7) is 9.52. The van der Waals surface area contributed by atoms with Crippen LogP contribution in [0.15, 0.2) is 206 Å². The van der Waals surface area contributed by atoms with E-state index in [1.54, 1.807) is 0 Å². The van der Waals surface area contributed by atoms with Crippen LogP contribution < -0.4 is 4.90 Å². The first kappa shape index (κ1) is 36.4. The van der Waals surface area contributed by atoms with Crippen LogP contribution >= 0.6 is 0 Å². The van der Waals surface area contributed by atoms with Crippen molar-refractivity contribution < 1.29 is 0 Å². The molecule has 0 saturated heterocycles. The summed E-state index contributed by atoms with van der Waals surface area (Å²) < 4.78 is 2.38. The lowest BCUT2D eigenvalue weighted by atomic mass is 9.81. The minimum absolute atomic E-state index is 0.0953. The van der Waals surface area contributed by atoms with Crippen LogP contribution in [0.4, 0.5) is 17.1 Å². The van der Waals surface area contributed by atoms with E-state index in [0.717, 1.165) is 11.4 Å². The highest BCUT2D eigenvalue weighted by Gasteiger charge is 2.40. The standard InChI is InChI=1S/C60H46N2/c1-59(2)51-27-13-9-23-48(51)57-46(24-16-28-52(57)59)44-21-10-14-29-53(44)62(56-31-17-25-47-43-20-8-12-26-50(43)60(3,4)58(47)56)42-35-32-39(33-36-42)40-34-37-55-49(38-40)45-22-11-15-30-54(45)61(55)41-18-6-5-7-19-41/h5-38H,1-4H3. The van der Waals surface area contributed by atoms with E-state index >= 15 is 0 Å². The van der Waals surface area contributed by atoms with Gasteiger partial charge in [-0.3, -0.25) is 0 Å².